The number of para-hydroxylation sites is 1. The molecule has 138 valence electrons. The van der Waals surface area contributed by atoms with Crippen LogP contribution in [0.2, 0.25) is 0 Å². The topological polar surface area (TPSA) is 44.1 Å². The summed E-state index contributed by atoms with van der Waals surface area (Å²) in [5.41, 5.74) is 3.52. The van der Waals surface area contributed by atoms with Gasteiger partial charge in [-0.1, -0.05) is 54.1 Å². The number of rotatable bonds is 4. The summed E-state index contributed by atoms with van der Waals surface area (Å²) < 4.78 is 6.95. The van der Waals surface area contributed by atoms with Gasteiger partial charge in [0.15, 0.2) is 0 Å². The van der Waals surface area contributed by atoms with Crippen LogP contribution in [0.1, 0.15) is 17.0 Å². The molecule has 1 aromatic heterocycles. The third-order valence-electron chi connectivity index (χ3n) is 4.58. The predicted molar refractivity (Wildman–Crippen MR) is 114 cm³/mol. The molecule has 4 rings (SSSR count). The van der Waals surface area contributed by atoms with Gasteiger partial charge in [0.1, 0.15) is 11.6 Å². The molecule has 0 atom stereocenters. The van der Waals surface area contributed by atoms with E-state index in [4.69, 9.17) is 9.72 Å². The fraction of sp³-hybridized carbons (Fsp3) is 0.0833. The Morgan fingerprint density at radius 2 is 1.75 bits per heavy atom. The number of hydrogen-bond donors (Lipinski definition) is 0. The molecule has 0 aliphatic rings. The largest absolute Gasteiger partial charge is 0.497 e. The lowest BCUT2D eigenvalue weighted by Crippen LogP contribution is -2.22. The molecule has 4 aromatic rings. The van der Waals surface area contributed by atoms with Crippen LogP contribution in [0.15, 0.2) is 77.6 Å². The van der Waals surface area contributed by atoms with Crippen molar-refractivity contribution in [3.63, 3.8) is 0 Å². The zero-order valence-electron chi connectivity index (χ0n) is 15.8. The highest BCUT2D eigenvalue weighted by Gasteiger charge is 2.11. The molecule has 0 radical (unpaired) electrons. The van der Waals surface area contributed by atoms with Gasteiger partial charge in [0, 0.05) is 6.07 Å². The van der Waals surface area contributed by atoms with Crippen molar-refractivity contribution in [1.29, 1.82) is 0 Å². The number of aryl methyl sites for hydroxylation is 1. The van der Waals surface area contributed by atoms with Crippen molar-refractivity contribution in [2.24, 2.45) is 0 Å². The van der Waals surface area contributed by atoms with Gasteiger partial charge in [-0.15, -0.1) is 0 Å². The van der Waals surface area contributed by atoms with Crippen LogP contribution in [0.3, 0.4) is 0 Å². The Kier molecular flexibility index (Phi) is 4.77. The fourth-order valence-corrected chi connectivity index (χ4v) is 3.21. The third kappa shape index (κ3) is 3.45. The molecule has 0 aliphatic carbocycles. The average Bonchev–Trinajstić information content (AvgIpc) is 2.72. The molecule has 0 bridgehead atoms. The molecule has 4 heteroatoms. The third-order valence-corrected chi connectivity index (χ3v) is 4.58. The molecule has 0 unspecified atom stereocenters. The monoisotopic (exact) mass is 368 g/mol. The average molecular weight is 368 g/mol. The molecule has 0 amide bonds. The fourth-order valence-electron chi connectivity index (χ4n) is 3.21. The number of nitrogens with zero attached hydrogens (tertiary/aromatic N) is 2. The predicted octanol–water partition coefficient (Wildman–Crippen LogP) is 4.87. The van der Waals surface area contributed by atoms with E-state index in [0.29, 0.717) is 28.2 Å². The standard InChI is InChI=1S/C24H20N2O2/c1-17-7-5-8-18(15-17)13-14-23-25-22-12-4-3-11-21(22)24(27)26(23)19-9-6-10-20(16-19)28-2/h3-16H,1-2H3/b14-13+. The number of methoxy groups -OCH3 is 1. The van der Waals surface area contributed by atoms with Crippen LogP contribution in [0.25, 0.3) is 28.7 Å². The van der Waals surface area contributed by atoms with E-state index in [2.05, 4.69) is 19.1 Å². The molecule has 0 aliphatic heterocycles. The molecule has 1 heterocycles. The first-order valence-electron chi connectivity index (χ1n) is 9.07. The number of hydrogen-bond acceptors (Lipinski definition) is 3. The highest BCUT2D eigenvalue weighted by atomic mass is 16.5. The molecular formula is C24H20N2O2. The minimum absolute atomic E-state index is 0.109. The van der Waals surface area contributed by atoms with Gasteiger partial charge in [0.25, 0.3) is 5.56 Å². The first-order chi connectivity index (χ1) is 13.7. The Bertz CT molecular complexity index is 1240. The normalized spacial score (nSPS) is 11.2. The molecular weight excluding hydrogens is 348 g/mol. The summed E-state index contributed by atoms with van der Waals surface area (Å²) in [7, 11) is 1.61. The Morgan fingerprint density at radius 3 is 2.57 bits per heavy atom. The molecule has 3 aromatic carbocycles. The van der Waals surface area contributed by atoms with Crippen molar-refractivity contribution >= 4 is 23.1 Å². The van der Waals surface area contributed by atoms with E-state index in [-0.39, 0.29) is 5.56 Å². The van der Waals surface area contributed by atoms with E-state index in [0.717, 1.165) is 5.56 Å². The number of ether oxygens (including phenoxy) is 1. The van der Waals surface area contributed by atoms with Gasteiger partial charge in [0.05, 0.1) is 23.7 Å². The van der Waals surface area contributed by atoms with Gasteiger partial charge in [-0.25, -0.2) is 4.98 Å². The summed E-state index contributed by atoms with van der Waals surface area (Å²) in [6.45, 7) is 2.05. The zero-order valence-corrected chi connectivity index (χ0v) is 15.8. The highest BCUT2D eigenvalue weighted by molar-refractivity contribution is 5.80. The van der Waals surface area contributed by atoms with Crippen molar-refractivity contribution < 1.29 is 4.74 Å². The second-order valence-corrected chi connectivity index (χ2v) is 6.58. The van der Waals surface area contributed by atoms with Crippen LogP contribution in [0.4, 0.5) is 0 Å². The van der Waals surface area contributed by atoms with E-state index in [1.54, 1.807) is 17.7 Å². The smallest absolute Gasteiger partial charge is 0.266 e. The van der Waals surface area contributed by atoms with Crippen molar-refractivity contribution in [3.05, 3.63) is 100 Å². The maximum Gasteiger partial charge on any atom is 0.266 e. The molecule has 0 saturated heterocycles. The number of fused-ring (bicyclic) bond motifs is 1. The van der Waals surface area contributed by atoms with Crippen molar-refractivity contribution in [2.75, 3.05) is 7.11 Å². The minimum Gasteiger partial charge on any atom is -0.497 e. The van der Waals surface area contributed by atoms with E-state index in [9.17, 15) is 4.79 Å². The van der Waals surface area contributed by atoms with Gasteiger partial charge >= 0.3 is 0 Å². The van der Waals surface area contributed by atoms with Gasteiger partial charge < -0.3 is 4.74 Å². The lowest BCUT2D eigenvalue weighted by Gasteiger charge is -2.12. The lowest BCUT2D eigenvalue weighted by atomic mass is 10.1. The minimum atomic E-state index is -0.109. The van der Waals surface area contributed by atoms with Crippen LogP contribution in [0.5, 0.6) is 5.75 Å². The van der Waals surface area contributed by atoms with Crippen LogP contribution >= 0.6 is 0 Å². The lowest BCUT2D eigenvalue weighted by molar-refractivity contribution is 0.414. The second-order valence-electron chi connectivity index (χ2n) is 6.58. The summed E-state index contributed by atoms with van der Waals surface area (Å²) in [5, 5.41) is 0.582. The van der Waals surface area contributed by atoms with Gasteiger partial charge in [-0.2, -0.15) is 0 Å². The first-order valence-corrected chi connectivity index (χ1v) is 9.07. The van der Waals surface area contributed by atoms with Crippen molar-refractivity contribution in [3.8, 4) is 11.4 Å². The van der Waals surface area contributed by atoms with Gasteiger partial charge in [-0.05, 0) is 42.8 Å². The zero-order chi connectivity index (χ0) is 19.5. The van der Waals surface area contributed by atoms with E-state index in [1.807, 2.05) is 66.7 Å². The highest BCUT2D eigenvalue weighted by Crippen LogP contribution is 2.19. The summed E-state index contributed by atoms with van der Waals surface area (Å²) in [6, 6.07) is 23.0. The van der Waals surface area contributed by atoms with Gasteiger partial charge in [0.2, 0.25) is 0 Å². The first kappa shape index (κ1) is 17.7. The molecule has 4 nitrogen and oxygen atoms in total. The Morgan fingerprint density at radius 1 is 0.929 bits per heavy atom. The van der Waals surface area contributed by atoms with E-state index >= 15 is 0 Å². The Labute approximate surface area is 163 Å². The molecule has 0 N–H and O–H groups in total. The van der Waals surface area contributed by atoms with Gasteiger partial charge in [-0.3, -0.25) is 9.36 Å². The second kappa shape index (κ2) is 7.53. The quantitative estimate of drug-likeness (QED) is 0.516. The van der Waals surface area contributed by atoms with Crippen LogP contribution in [0, 0.1) is 6.92 Å². The Hall–Kier alpha value is -3.66. The maximum absolute atomic E-state index is 13.3. The molecule has 0 fully saturated rings. The van der Waals surface area contributed by atoms with Crippen LogP contribution in [-0.4, -0.2) is 16.7 Å². The maximum atomic E-state index is 13.3. The SMILES string of the molecule is COc1cccc(-n2c(/C=C/c3cccc(C)c3)nc3ccccc3c2=O)c1. The summed E-state index contributed by atoms with van der Waals surface area (Å²) >= 11 is 0. The number of benzene rings is 3. The Balaban J connectivity index is 1.94. The summed E-state index contributed by atoms with van der Waals surface area (Å²) in [4.78, 5) is 18.0. The van der Waals surface area contributed by atoms with Crippen LogP contribution < -0.4 is 10.3 Å². The van der Waals surface area contributed by atoms with E-state index in [1.165, 1.54) is 5.56 Å². The molecule has 0 spiro atoms. The molecule has 28 heavy (non-hydrogen) atoms. The summed E-state index contributed by atoms with van der Waals surface area (Å²) in [6.07, 6.45) is 3.85. The molecule has 0 saturated carbocycles. The van der Waals surface area contributed by atoms with Crippen LogP contribution in [-0.2, 0) is 0 Å². The van der Waals surface area contributed by atoms with Crippen molar-refractivity contribution in [1.82, 2.24) is 9.55 Å². The summed E-state index contributed by atoms with van der Waals surface area (Å²) in [5.74, 6) is 1.25. The number of aromatic nitrogens is 2. The van der Waals surface area contributed by atoms with E-state index < -0.39 is 0 Å². The van der Waals surface area contributed by atoms with Crippen molar-refractivity contribution in [2.45, 2.75) is 6.92 Å².